The van der Waals surface area contributed by atoms with E-state index >= 15 is 0 Å². The van der Waals surface area contributed by atoms with Crippen LogP contribution in [0, 0.1) is 0 Å². The second kappa shape index (κ2) is 7.04. The minimum absolute atomic E-state index is 0.644. The fraction of sp³-hybridized carbons (Fsp3) is 0.267. The van der Waals surface area contributed by atoms with Gasteiger partial charge >= 0.3 is 0 Å². The molecule has 2 aromatic rings. The first-order valence-electron chi connectivity index (χ1n) is 6.29. The molecule has 0 saturated carbocycles. The molecule has 0 aliphatic heterocycles. The highest BCUT2D eigenvalue weighted by atomic mass is 32.1. The third-order valence-electron chi connectivity index (χ3n) is 2.93. The van der Waals surface area contributed by atoms with Crippen LogP contribution in [0.5, 0.6) is 5.75 Å². The maximum atomic E-state index is 8.82. The van der Waals surface area contributed by atoms with Crippen LogP contribution >= 0.6 is 12.6 Å². The molecule has 0 saturated heterocycles. The van der Waals surface area contributed by atoms with Gasteiger partial charge in [0.1, 0.15) is 5.75 Å². The molecule has 0 aromatic heterocycles. The summed E-state index contributed by atoms with van der Waals surface area (Å²) in [4.78, 5) is 0. The van der Waals surface area contributed by atoms with Crippen molar-refractivity contribution in [3.05, 3.63) is 42.0 Å². The third-order valence-corrected chi connectivity index (χ3v) is 3.24. The molecule has 0 radical (unpaired) electrons. The highest BCUT2D eigenvalue weighted by Gasteiger charge is 2.07. The first kappa shape index (κ1) is 13.7. The number of oxime groups is 1. The Bertz CT molecular complexity index is 569. The molecule has 0 atom stereocenters. The van der Waals surface area contributed by atoms with Crippen LogP contribution in [0.15, 0.2) is 41.6 Å². The van der Waals surface area contributed by atoms with E-state index in [9.17, 15) is 0 Å². The quantitative estimate of drug-likeness (QED) is 0.277. The maximum absolute atomic E-state index is 8.82. The van der Waals surface area contributed by atoms with Crippen LogP contribution in [0.1, 0.15) is 18.4 Å². The van der Waals surface area contributed by atoms with Gasteiger partial charge < -0.3 is 9.94 Å². The normalized spacial score (nSPS) is 11.2. The van der Waals surface area contributed by atoms with Crippen molar-refractivity contribution >= 4 is 29.6 Å². The second-order valence-electron chi connectivity index (χ2n) is 4.22. The average Bonchev–Trinajstić information content (AvgIpc) is 2.45. The lowest BCUT2D eigenvalue weighted by Crippen LogP contribution is -2.01. The first-order valence-corrected chi connectivity index (χ1v) is 6.93. The molecular weight excluding hydrogens is 258 g/mol. The van der Waals surface area contributed by atoms with Gasteiger partial charge in [-0.2, -0.15) is 12.6 Å². The van der Waals surface area contributed by atoms with Crippen molar-refractivity contribution in [1.29, 1.82) is 0 Å². The Morgan fingerprint density at radius 3 is 2.79 bits per heavy atom. The van der Waals surface area contributed by atoms with E-state index in [1.165, 1.54) is 6.21 Å². The third kappa shape index (κ3) is 3.41. The molecule has 2 aromatic carbocycles. The Balaban J connectivity index is 2.29. The average molecular weight is 275 g/mol. The molecule has 100 valence electrons. The summed E-state index contributed by atoms with van der Waals surface area (Å²) in [6.45, 7) is 0.644. The summed E-state index contributed by atoms with van der Waals surface area (Å²) in [5.74, 6) is 1.61. The van der Waals surface area contributed by atoms with Crippen molar-refractivity contribution in [2.45, 2.75) is 12.8 Å². The van der Waals surface area contributed by atoms with Crippen molar-refractivity contribution in [3.8, 4) is 5.75 Å². The van der Waals surface area contributed by atoms with E-state index in [1.807, 2.05) is 36.4 Å². The van der Waals surface area contributed by atoms with E-state index in [0.29, 0.717) is 6.61 Å². The van der Waals surface area contributed by atoms with Gasteiger partial charge in [0.05, 0.1) is 12.8 Å². The molecule has 0 spiro atoms. The van der Waals surface area contributed by atoms with Gasteiger partial charge in [-0.25, -0.2) is 0 Å². The highest BCUT2D eigenvalue weighted by molar-refractivity contribution is 7.80. The lowest BCUT2D eigenvalue weighted by molar-refractivity contribution is 0.308. The topological polar surface area (TPSA) is 41.8 Å². The van der Waals surface area contributed by atoms with Crippen molar-refractivity contribution < 1.29 is 9.94 Å². The summed E-state index contributed by atoms with van der Waals surface area (Å²) in [5, 5.41) is 14.1. The van der Waals surface area contributed by atoms with Crippen LogP contribution in [0.2, 0.25) is 0 Å². The summed E-state index contributed by atoms with van der Waals surface area (Å²) in [6.07, 6.45) is 3.42. The van der Waals surface area contributed by atoms with Gasteiger partial charge in [-0.1, -0.05) is 35.5 Å². The molecule has 19 heavy (non-hydrogen) atoms. The molecule has 3 nitrogen and oxygen atoms in total. The maximum Gasteiger partial charge on any atom is 0.128 e. The van der Waals surface area contributed by atoms with Crippen LogP contribution in [-0.4, -0.2) is 23.8 Å². The monoisotopic (exact) mass is 275 g/mol. The van der Waals surface area contributed by atoms with E-state index in [2.05, 4.69) is 17.8 Å². The van der Waals surface area contributed by atoms with E-state index < -0.39 is 0 Å². The van der Waals surface area contributed by atoms with Gasteiger partial charge in [0.25, 0.3) is 0 Å². The van der Waals surface area contributed by atoms with Gasteiger partial charge in [0.2, 0.25) is 0 Å². The van der Waals surface area contributed by atoms with Crippen molar-refractivity contribution in [3.63, 3.8) is 0 Å². The number of benzene rings is 2. The number of unbranched alkanes of at least 4 members (excludes halogenated alkanes) is 1. The van der Waals surface area contributed by atoms with Gasteiger partial charge in [-0.15, -0.1) is 0 Å². The lowest BCUT2D eigenvalue weighted by Gasteiger charge is -2.11. The summed E-state index contributed by atoms with van der Waals surface area (Å²) < 4.78 is 5.76. The molecule has 0 bridgehead atoms. The molecule has 0 aliphatic rings. The molecule has 0 heterocycles. The van der Waals surface area contributed by atoms with E-state index in [0.717, 1.165) is 40.7 Å². The number of hydrogen-bond donors (Lipinski definition) is 2. The van der Waals surface area contributed by atoms with Gasteiger partial charge in [-0.05, 0) is 35.4 Å². The molecule has 4 heteroatoms. The number of thiol groups is 1. The Kier molecular flexibility index (Phi) is 5.10. The van der Waals surface area contributed by atoms with Crippen LogP contribution in [0.4, 0.5) is 0 Å². The van der Waals surface area contributed by atoms with Crippen LogP contribution < -0.4 is 4.74 Å². The van der Waals surface area contributed by atoms with E-state index in [-0.39, 0.29) is 0 Å². The largest absolute Gasteiger partial charge is 0.493 e. The number of hydrogen-bond acceptors (Lipinski definition) is 4. The van der Waals surface area contributed by atoms with Gasteiger partial charge in [-0.3, -0.25) is 0 Å². The van der Waals surface area contributed by atoms with Gasteiger partial charge in [0.15, 0.2) is 0 Å². The molecule has 0 aliphatic carbocycles. The molecule has 1 N–H and O–H groups in total. The smallest absolute Gasteiger partial charge is 0.128 e. The molecule has 2 rings (SSSR count). The van der Waals surface area contributed by atoms with Crippen molar-refractivity contribution in [1.82, 2.24) is 0 Å². The lowest BCUT2D eigenvalue weighted by atomic mass is 10.0. The number of nitrogens with zero attached hydrogens (tertiary/aromatic N) is 1. The molecule has 0 amide bonds. The standard InChI is InChI=1S/C15H17NO2S/c17-16-11-14-13-6-2-1-5-12(13)7-8-15(14)18-9-3-4-10-19/h1-2,5-8,11,17,19H,3-4,9-10H2. The number of fused-ring (bicyclic) bond motifs is 1. The van der Waals surface area contributed by atoms with Crippen LogP contribution in [0.25, 0.3) is 10.8 Å². The zero-order valence-corrected chi connectivity index (χ0v) is 11.5. The van der Waals surface area contributed by atoms with Crippen molar-refractivity contribution in [2.75, 3.05) is 12.4 Å². The SMILES string of the molecule is ON=Cc1c(OCCCCS)ccc2ccccc12. The second-order valence-corrected chi connectivity index (χ2v) is 4.67. The first-order chi connectivity index (χ1) is 9.36. The fourth-order valence-electron chi connectivity index (χ4n) is 1.99. The Morgan fingerprint density at radius 1 is 1.16 bits per heavy atom. The van der Waals surface area contributed by atoms with E-state index in [4.69, 9.17) is 9.94 Å². The highest BCUT2D eigenvalue weighted by Crippen LogP contribution is 2.26. The van der Waals surface area contributed by atoms with Crippen LogP contribution in [0.3, 0.4) is 0 Å². The summed E-state index contributed by atoms with van der Waals surface area (Å²) >= 11 is 4.17. The minimum atomic E-state index is 0.644. The Hall–Kier alpha value is -1.68. The number of rotatable bonds is 6. The fourth-order valence-corrected chi connectivity index (χ4v) is 2.21. The molecular formula is C15H17NO2S. The molecule has 0 fully saturated rings. The summed E-state index contributed by atoms with van der Waals surface area (Å²) in [5.41, 5.74) is 0.812. The Labute approximate surface area is 118 Å². The van der Waals surface area contributed by atoms with Crippen LogP contribution in [-0.2, 0) is 0 Å². The van der Waals surface area contributed by atoms with E-state index in [1.54, 1.807) is 0 Å². The predicted molar refractivity (Wildman–Crippen MR) is 81.9 cm³/mol. The predicted octanol–water partition coefficient (Wildman–Crippen LogP) is 3.74. The summed E-state index contributed by atoms with van der Waals surface area (Å²) in [6, 6.07) is 11.9. The summed E-state index contributed by atoms with van der Waals surface area (Å²) in [7, 11) is 0. The zero-order chi connectivity index (χ0) is 13.5. The number of ether oxygens (including phenoxy) is 1. The zero-order valence-electron chi connectivity index (χ0n) is 10.6. The van der Waals surface area contributed by atoms with Crippen molar-refractivity contribution in [2.24, 2.45) is 5.16 Å². The van der Waals surface area contributed by atoms with Gasteiger partial charge in [0, 0.05) is 5.56 Å². The Morgan fingerprint density at radius 2 is 2.00 bits per heavy atom. The molecule has 0 unspecified atom stereocenters. The minimum Gasteiger partial charge on any atom is -0.493 e.